The van der Waals surface area contributed by atoms with Gasteiger partial charge in [0.2, 0.25) is 0 Å². The molecule has 0 heterocycles. The zero-order chi connectivity index (χ0) is 48.5. The van der Waals surface area contributed by atoms with Crippen LogP contribution in [0.15, 0.2) is 134 Å². The molecule has 1 N–H and O–H groups in total. The third-order valence-electron chi connectivity index (χ3n) is 11.2. The van der Waals surface area contributed by atoms with E-state index in [1.807, 2.05) is 0 Å². The average Bonchev–Trinajstić information content (AvgIpc) is 3.33. The summed E-state index contributed by atoms with van der Waals surface area (Å²) in [5, 5.41) is 9.62. The van der Waals surface area contributed by atoms with E-state index in [1.165, 1.54) is 70.6 Å². The van der Waals surface area contributed by atoms with E-state index in [0.717, 1.165) is 128 Å². The second-order valence-corrected chi connectivity index (χ2v) is 17.6. The van der Waals surface area contributed by atoms with E-state index in [4.69, 9.17) is 9.47 Å². The lowest BCUT2D eigenvalue weighted by atomic mass is 10.0. The lowest BCUT2D eigenvalue weighted by Gasteiger charge is -2.15. The summed E-state index contributed by atoms with van der Waals surface area (Å²) in [5.41, 5.74) is 0. The normalized spacial score (nSPS) is 13.3. The minimum absolute atomic E-state index is 0.0787. The molecule has 1 atom stereocenters. The summed E-state index contributed by atoms with van der Waals surface area (Å²) in [4.78, 5) is 24.4. The third-order valence-corrected chi connectivity index (χ3v) is 11.2. The number of carbonyl (C=O) groups is 2. The summed E-state index contributed by atoms with van der Waals surface area (Å²) in [6.07, 6.45) is 84.1. The van der Waals surface area contributed by atoms with Crippen molar-refractivity contribution >= 4 is 11.9 Å². The second kappa shape index (κ2) is 56.4. The minimum atomic E-state index is -0.789. The summed E-state index contributed by atoms with van der Waals surface area (Å²) in [7, 11) is 0. The molecule has 5 nitrogen and oxygen atoms in total. The van der Waals surface area contributed by atoms with Crippen LogP contribution >= 0.6 is 0 Å². The van der Waals surface area contributed by atoms with Crippen LogP contribution in [0.3, 0.4) is 0 Å². The number of allylic oxidation sites excluding steroid dienone is 22. The van der Waals surface area contributed by atoms with Crippen molar-refractivity contribution in [1.82, 2.24) is 0 Å². The van der Waals surface area contributed by atoms with Crippen molar-refractivity contribution in [2.24, 2.45) is 0 Å². The molecule has 0 aliphatic rings. The Bertz CT molecular complexity index is 1420. The van der Waals surface area contributed by atoms with Gasteiger partial charge in [-0.2, -0.15) is 0 Å². The number of ether oxygens (including phenoxy) is 2. The van der Waals surface area contributed by atoms with E-state index >= 15 is 0 Å². The van der Waals surface area contributed by atoms with Crippen molar-refractivity contribution in [3.63, 3.8) is 0 Å². The molecule has 0 saturated heterocycles. The Hall–Kier alpha value is -3.96. The zero-order valence-corrected chi connectivity index (χ0v) is 43.1. The van der Waals surface area contributed by atoms with Crippen LogP contribution in [-0.4, -0.2) is 36.4 Å². The van der Waals surface area contributed by atoms with Gasteiger partial charge in [0.05, 0.1) is 6.61 Å². The Morgan fingerprint density at radius 1 is 0.358 bits per heavy atom. The van der Waals surface area contributed by atoms with Crippen molar-refractivity contribution in [2.75, 3.05) is 13.2 Å². The highest BCUT2D eigenvalue weighted by atomic mass is 16.6. The molecule has 0 saturated carbocycles. The first-order valence-electron chi connectivity index (χ1n) is 27.2. The van der Waals surface area contributed by atoms with E-state index in [0.29, 0.717) is 12.8 Å². The van der Waals surface area contributed by atoms with Gasteiger partial charge in [-0.25, -0.2) is 0 Å². The smallest absolute Gasteiger partial charge is 0.306 e. The van der Waals surface area contributed by atoms with Crippen molar-refractivity contribution in [3.8, 4) is 0 Å². The number of rotatable bonds is 48. The molecular weight excluding hydrogens is 825 g/mol. The fraction of sp³-hybridized carbons (Fsp3) is 0.613. The number of aliphatic hydroxyl groups excluding tert-OH is 1. The summed E-state index contributed by atoms with van der Waals surface area (Å²) >= 11 is 0. The van der Waals surface area contributed by atoms with Crippen LogP contribution in [-0.2, 0) is 19.1 Å². The predicted molar refractivity (Wildman–Crippen MR) is 292 cm³/mol. The maximum absolute atomic E-state index is 12.3. The Morgan fingerprint density at radius 3 is 0.970 bits per heavy atom. The lowest BCUT2D eigenvalue weighted by Crippen LogP contribution is -2.28. The van der Waals surface area contributed by atoms with Crippen LogP contribution in [0.5, 0.6) is 0 Å². The Balaban J connectivity index is 3.65. The van der Waals surface area contributed by atoms with Gasteiger partial charge in [0.1, 0.15) is 6.61 Å². The molecule has 0 aromatic carbocycles. The van der Waals surface area contributed by atoms with Crippen LogP contribution in [0.1, 0.15) is 226 Å². The molecule has 67 heavy (non-hydrogen) atoms. The van der Waals surface area contributed by atoms with Gasteiger partial charge in [-0.3, -0.25) is 9.59 Å². The quantitative estimate of drug-likeness (QED) is 0.0374. The van der Waals surface area contributed by atoms with Crippen LogP contribution in [0.25, 0.3) is 0 Å². The number of unbranched alkanes of at least 4 members (excludes halogenated alkanes) is 18. The average molecular weight is 925 g/mol. The summed E-state index contributed by atoms with van der Waals surface area (Å²) < 4.78 is 10.6. The summed E-state index contributed by atoms with van der Waals surface area (Å²) in [6, 6.07) is 0. The van der Waals surface area contributed by atoms with Crippen molar-refractivity contribution < 1.29 is 24.2 Å². The number of aliphatic hydroxyl groups is 1. The second-order valence-electron chi connectivity index (χ2n) is 17.6. The largest absolute Gasteiger partial charge is 0.462 e. The van der Waals surface area contributed by atoms with Gasteiger partial charge in [-0.05, 0) is 96.3 Å². The van der Waals surface area contributed by atoms with Crippen molar-refractivity contribution in [3.05, 3.63) is 134 Å². The monoisotopic (exact) mass is 925 g/mol. The number of esters is 2. The Morgan fingerprint density at radius 2 is 0.642 bits per heavy atom. The first-order chi connectivity index (χ1) is 33.1. The predicted octanol–water partition coefficient (Wildman–Crippen LogP) is 18.5. The van der Waals surface area contributed by atoms with Crippen LogP contribution in [0.4, 0.5) is 0 Å². The molecule has 0 aliphatic carbocycles. The number of hydrogen-bond acceptors (Lipinski definition) is 5. The molecule has 0 aliphatic heterocycles. The van der Waals surface area contributed by atoms with Crippen molar-refractivity contribution in [1.29, 1.82) is 0 Å². The Labute approximate surface area is 413 Å². The van der Waals surface area contributed by atoms with E-state index in [9.17, 15) is 14.7 Å². The van der Waals surface area contributed by atoms with E-state index < -0.39 is 6.10 Å². The maximum atomic E-state index is 12.3. The molecule has 0 bridgehead atoms. The molecule has 0 amide bonds. The van der Waals surface area contributed by atoms with Gasteiger partial charge in [0.25, 0.3) is 0 Å². The first kappa shape index (κ1) is 63.0. The molecular formula is C62H100O5. The number of carbonyl (C=O) groups excluding carboxylic acids is 2. The van der Waals surface area contributed by atoms with E-state index in [-0.39, 0.29) is 25.2 Å². The molecule has 0 aromatic rings. The van der Waals surface area contributed by atoms with Gasteiger partial charge in [0, 0.05) is 12.8 Å². The molecule has 5 heteroatoms. The minimum Gasteiger partial charge on any atom is -0.462 e. The fourth-order valence-electron chi connectivity index (χ4n) is 7.15. The first-order valence-corrected chi connectivity index (χ1v) is 27.2. The highest BCUT2D eigenvalue weighted by Gasteiger charge is 2.16. The van der Waals surface area contributed by atoms with E-state index in [2.05, 4.69) is 148 Å². The Kier molecular flexibility index (Phi) is 53.0. The molecule has 0 aromatic heterocycles. The fourth-order valence-corrected chi connectivity index (χ4v) is 7.15. The number of hydrogen-bond donors (Lipinski definition) is 1. The van der Waals surface area contributed by atoms with Crippen LogP contribution in [0, 0.1) is 0 Å². The standard InChI is InChI=1S/C62H100O5/c1-3-5-7-9-11-13-15-17-19-20-21-22-23-24-25-26-27-28-29-30-31-32-33-34-35-36-37-38-39-40-41-42-43-45-47-49-51-53-55-57-62(65)67-60(58-63)59-66-61(64)56-54-52-50-48-46-44-18-16-14-12-10-8-6-4-2/h5,7,11,13,17,19,21-22,24-25,27-28,30-31,33-34,36-37,39-40,42-43,60,63H,3-4,6,8-10,12,14-16,18,20,23,26,29,32,35,38,41,44-59H2,1-2H3/b7-5-,13-11-,19-17-,22-21-,25-24-,28-27-,31-30-,34-33-,37-36-,40-39-,43-42-. The van der Waals surface area contributed by atoms with Crippen LogP contribution in [0.2, 0.25) is 0 Å². The summed E-state index contributed by atoms with van der Waals surface area (Å²) in [5.74, 6) is -0.617. The molecule has 0 fully saturated rings. The molecule has 0 rings (SSSR count). The highest BCUT2D eigenvalue weighted by Crippen LogP contribution is 2.14. The summed E-state index contributed by atoms with van der Waals surface area (Å²) in [6.45, 7) is 4.01. The molecule has 378 valence electrons. The maximum Gasteiger partial charge on any atom is 0.306 e. The van der Waals surface area contributed by atoms with Crippen LogP contribution < -0.4 is 0 Å². The molecule has 0 radical (unpaired) electrons. The van der Waals surface area contributed by atoms with Crippen molar-refractivity contribution in [2.45, 2.75) is 232 Å². The topological polar surface area (TPSA) is 72.8 Å². The molecule has 1 unspecified atom stereocenters. The SMILES string of the molecule is CC/C=C\C/C=C\C/C=C\C/C=C\C/C=C\C/C=C\C/C=C\C/C=C\C/C=C\C/C=C\C/C=C\CCCCCCCC(=O)OC(CO)COC(=O)CCCCCCCCCCCCCCCC. The zero-order valence-electron chi connectivity index (χ0n) is 43.1. The van der Waals surface area contributed by atoms with Gasteiger partial charge >= 0.3 is 11.9 Å². The van der Waals surface area contributed by atoms with Gasteiger partial charge in [0.15, 0.2) is 6.10 Å². The van der Waals surface area contributed by atoms with Gasteiger partial charge in [-0.15, -0.1) is 0 Å². The third kappa shape index (κ3) is 54.5. The molecule has 0 spiro atoms. The van der Waals surface area contributed by atoms with Gasteiger partial charge in [-0.1, -0.05) is 250 Å². The lowest BCUT2D eigenvalue weighted by molar-refractivity contribution is -0.161. The highest BCUT2D eigenvalue weighted by molar-refractivity contribution is 5.70. The van der Waals surface area contributed by atoms with Gasteiger partial charge < -0.3 is 14.6 Å². The van der Waals surface area contributed by atoms with E-state index in [1.54, 1.807) is 0 Å².